The molecule has 0 aromatic rings. The monoisotopic (exact) mass is 312 g/mol. The number of hydrogen-bond donors (Lipinski definition) is 2. The van der Waals surface area contributed by atoms with Gasteiger partial charge in [0.1, 0.15) is 0 Å². The van der Waals surface area contributed by atoms with E-state index in [1.165, 1.54) is 44.4 Å². The van der Waals surface area contributed by atoms with Crippen molar-refractivity contribution in [3.05, 3.63) is 0 Å². The predicted octanol–water partition coefficient (Wildman–Crippen LogP) is 2.31. The van der Waals surface area contributed by atoms with E-state index in [1.54, 1.807) is 0 Å². The molecule has 21 heavy (non-hydrogen) atoms. The summed E-state index contributed by atoms with van der Waals surface area (Å²) in [7, 11) is 0. The van der Waals surface area contributed by atoms with Crippen molar-refractivity contribution >= 4 is 17.7 Å². The van der Waals surface area contributed by atoms with Gasteiger partial charge in [0.05, 0.1) is 6.54 Å². The van der Waals surface area contributed by atoms with Crippen molar-refractivity contribution in [2.75, 3.05) is 38.5 Å². The first-order valence-corrected chi connectivity index (χ1v) is 9.76. The molecule has 0 aromatic heterocycles. The molecule has 2 saturated heterocycles. The van der Waals surface area contributed by atoms with Gasteiger partial charge in [0.25, 0.3) is 0 Å². The van der Waals surface area contributed by atoms with Crippen molar-refractivity contribution in [2.24, 2.45) is 4.99 Å². The third kappa shape index (κ3) is 5.70. The molecule has 2 rings (SSSR count). The van der Waals surface area contributed by atoms with Crippen LogP contribution in [0.25, 0.3) is 0 Å². The number of aliphatic imine (C=N–C) groups is 1. The molecule has 2 unspecified atom stereocenters. The molecule has 2 atom stereocenters. The Hall–Kier alpha value is -0.420. The van der Waals surface area contributed by atoms with Crippen LogP contribution in [0.2, 0.25) is 0 Å². The topological polar surface area (TPSA) is 39.7 Å². The van der Waals surface area contributed by atoms with Crippen molar-refractivity contribution in [1.82, 2.24) is 15.5 Å². The van der Waals surface area contributed by atoms with Crippen LogP contribution in [0.15, 0.2) is 4.99 Å². The van der Waals surface area contributed by atoms with Gasteiger partial charge in [-0.3, -0.25) is 9.89 Å². The van der Waals surface area contributed by atoms with Crippen LogP contribution in [0.5, 0.6) is 0 Å². The summed E-state index contributed by atoms with van der Waals surface area (Å²) in [5, 5.41) is 7.70. The third-order valence-electron chi connectivity index (χ3n) is 4.48. The Balaban J connectivity index is 1.80. The van der Waals surface area contributed by atoms with Gasteiger partial charge in [0, 0.05) is 24.4 Å². The number of nitrogens with zero attached hydrogens (tertiary/aromatic N) is 2. The second kappa shape index (κ2) is 9.57. The minimum atomic E-state index is 0.639. The molecule has 0 bridgehead atoms. The van der Waals surface area contributed by atoms with E-state index in [0.717, 1.165) is 37.4 Å². The van der Waals surface area contributed by atoms with E-state index in [9.17, 15) is 0 Å². The number of guanidine groups is 1. The Bertz CT molecular complexity index is 315. The summed E-state index contributed by atoms with van der Waals surface area (Å²) in [6, 6.07) is 0.639. The largest absolute Gasteiger partial charge is 0.357 e. The molecule has 2 heterocycles. The first-order valence-electron chi connectivity index (χ1n) is 8.71. The van der Waals surface area contributed by atoms with Gasteiger partial charge in [-0.1, -0.05) is 13.3 Å². The summed E-state index contributed by atoms with van der Waals surface area (Å²) in [6.07, 6.45) is 6.74. The van der Waals surface area contributed by atoms with Crippen molar-refractivity contribution in [2.45, 2.75) is 57.2 Å². The molecule has 0 aliphatic carbocycles. The van der Waals surface area contributed by atoms with Crippen LogP contribution < -0.4 is 10.6 Å². The number of hydrogen-bond acceptors (Lipinski definition) is 3. The lowest BCUT2D eigenvalue weighted by Gasteiger charge is -2.34. The fourth-order valence-corrected chi connectivity index (χ4v) is 4.44. The lowest BCUT2D eigenvalue weighted by molar-refractivity contribution is 0.161. The van der Waals surface area contributed by atoms with E-state index >= 15 is 0 Å². The molecular weight excluding hydrogens is 280 g/mol. The van der Waals surface area contributed by atoms with Gasteiger partial charge in [0.15, 0.2) is 5.96 Å². The highest BCUT2D eigenvalue weighted by molar-refractivity contribution is 8.00. The normalized spacial score (nSPS) is 27.8. The van der Waals surface area contributed by atoms with Gasteiger partial charge in [-0.15, -0.1) is 0 Å². The Morgan fingerprint density at radius 2 is 2.10 bits per heavy atom. The quantitative estimate of drug-likeness (QED) is 0.583. The summed E-state index contributed by atoms with van der Waals surface area (Å²) >= 11 is 2.10. The maximum Gasteiger partial charge on any atom is 0.191 e. The zero-order valence-electron chi connectivity index (χ0n) is 13.7. The Morgan fingerprint density at radius 3 is 2.81 bits per heavy atom. The second-order valence-corrected chi connectivity index (χ2v) is 7.42. The number of likely N-dealkylation sites (tertiary alicyclic amines) is 1. The minimum Gasteiger partial charge on any atom is -0.357 e. The summed E-state index contributed by atoms with van der Waals surface area (Å²) < 4.78 is 0. The van der Waals surface area contributed by atoms with Crippen molar-refractivity contribution in [3.63, 3.8) is 0 Å². The van der Waals surface area contributed by atoms with E-state index in [1.807, 2.05) is 0 Å². The molecule has 5 heteroatoms. The molecule has 122 valence electrons. The van der Waals surface area contributed by atoms with Crippen LogP contribution in [-0.2, 0) is 0 Å². The first-order chi connectivity index (χ1) is 10.3. The number of piperidine rings is 1. The number of nitrogens with one attached hydrogen (secondary N) is 2. The maximum absolute atomic E-state index is 4.84. The maximum atomic E-state index is 4.84. The molecule has 0 spiro atoms. The molecule has 2 aliphatic rings. The molecule has 0 radical (unpaired) electrons. The number of thioether (sulfide) groups is 1. The summed E-state index contributed by atoms with van der Waals surface area (Å²) in [5.41, 5.74) is 0. The van der Waals surface area contributed by atoms with Gasteiger partial charge in [-0.05, 0) is 51.4 Å². The zero-order chi connectivity index (χ0) is 14.9. The highest BCUT2D eigenvalue weighted by atomic mass is 32.2. The molecule has 0 aromatic carbocycles. The average Bonchev–Trinajstić information content (AvgIpc) is 3.03. The van der Waals surface area contributed by atoms with Crippen molar-refractivity contribution in [3.8, 4) is 0 Å². The highest BCUT2D eigenvalue weighted by Crippen LogP contribution is 2.25. The van der Waals surface area contributed by atoms with E-state index in [4.69, 9.17) is 4.99 Å². The lowest BCUT2D eigenvalue weighted by atomic mass is 10.0. The third-order valence-corrected chi connectivity index (χ3v) is 5.88. The summed E-state index contributed by atoms with van der Waals surface area (Å²) in [6.45, 7) is 9.73. The fourth-order valence-electron chi connectivity index (χ4n) is 3.24. The average molecular weight is 313 g/mol. The van der Waals surface area contributed by atoms with Gasteiger partial charge < -0.3 is 10.6 Å². The summed E-state index contributed by atoms with van der Waals surface area (Å²) in [5.74, 6) is 2.33. The molecule has 2 aliphatic heterocycles. The predicted molar refractivity (Wildman–Crippen MR) is 94.3 cm³/mol. The Morgan fingerprint density at radius 1 is 1.19 bits per heavy atom. The zero-order valence-corrected chi connectivity index (χ0v) is 14.6. The van der Waals surface area contributed by atoms with Crippen molar-refractivity contribution in [1.29, 1.82) is 0 Å². The standard InChI is InChI=1S/C16H32N4S/c1-3-17-16(19-13-15-9-7-11-21-15)18-12-14-8-5-6-10-20(14)4-2/h14-15H,3-13H2,1-2H3,(H2,17,18,19). The van der Waals surface area contributed by atoms with Crippen LogP contribution >= 0.6 is 11.8 Å². The number of likely N-dealkylation sites (N-methyl/N-ethyl adjacent to an activating group) is 1. The van der Waals surface area contributed by atoms with E-state index in [-0.39, 0.29) is 0 Å². The second-order valence-electron chi connectivity index (χ2n) is 6.01. The first kappa shape index (κ1) is 16.9. The SMILES string of the molecule is CCNC(=NCC1CCCCN1CC)NCC1CCCS1. The Kier molecular flexibility index (Phi) is 7.72. The van der Waals surface area contributed by atoms with Crippen LogP contribution in [0.3, 0.4) is 0 Å². The van der Waals surface area contributed by atoms with Gasteiger partial charge >= 0.3 is 0 Å². The van der Waals surface area contributed by atoms with Crippen LogP contribution in [0.1, 0.15) is 46.0 Å². The Labute approximate surface area is 134 Å². The fraction of sp³-hybridized carbons (Fsp3) is 0.938. The van der Waals surface area contributed by atoms with Crippen LogP contribution in [0, 0.1) is 0 Å². The van der Waals surface area contributed by atoms with Crippen LogP contribution in [0.4, 0.5) is 0 Å². The number of rotatable bonds is 6. The molecule has 2 N–H and O–H groups in total. The molecular formula is C16H32N4S. The highest BCUT2D eigenvalue weighted by Gasteiger charge is 2.20. The van der Waals surface area contributed by atoms with E-state index in [0.29, 0.717) is 6.04 Å². The van der Waals surface area contributed by atoms with Crippen molar-refractivity contribution < 1.29 is 0 Å². The molecule has 4 nitrogen and oxygen atoms in total. The van der Waals surface area contributed by atoms with Gasteiger partial charge in [-0.2, -0.15) is 11.8 Å². The molecule has 0 amide bonds. The minimum absolute atomic E-state index is 0.639. The molecule has 0 saturated carbocycles. The molecule has 2 fully saturated rings. The van der Waals surface area contributed by atoms with Crippen LogP contribution in [-0.4, -0.2) is 60.6 Å². The van der Waals surface area contributed by atoms with Gasteiger partial charge in [0.2, 0.25) is 0 Å². The summed E-state index contributed by atoms with van der Waals surface area (Å²) in [4.78, 5) is 7.43. The smallest absolute Gasteiger partial charge is 0.191 e. The van der Waals surface area contributed by atoms with E-state index < -0.39 is 0 Å². The van der Waals surface area contributed by atoms with Gasteiger partial charge in [-0.25, -0.2) is 0 Å². The van der Waals surface area contributed by atoms with E-state index in [2.05, 4.69) is 41.1 Å². The lowest BCUT2D eigenvalue weighted by Crippen LogP contribution is -2.44.